The summed E-state index contributed by atoms with van der Waals surface area (Å²) in [4.78, 5) is 12.1. The average molecular weight is 445 g/mol. The van der Waals surface area contributed by atoms with Crippen molar-refractivity contribution < 1.29 is 35.3 Å². The van der Waals surface area contributed by atoms with Crippen molar-refractivity contribution in [3.05, 3.63) is 64.2 Å². The third kappa shape index (κ3) is 4.46. The topological polar surface area (TPSA) is 85.6 Å². The maximum absolute atomic E-state index is 14.5. The zero-order chi connectivity index (χ0) is 22.3. The molecule has 2 aromatic carbocycles. The lowest BCUT2D eigenvalue weighted by Crippen LogP contribution is -2.19. The molecule has 0 aliphatic heterocycles. The van der Waals surface area contributed by atoms with Crippen molar-refractivity contribution in [1.82, 2.24) is 4.57 Å². The van der Waals surface area contributed by atoms with Gasteiger partial charge in [0, 0.05) is 23.9 Å². The Morgan fingerprint density at radius 1 is 1.10 bits per heavy atom. The number of hydrogen-bond acceptors (Lipinski definition) is 4. The van der Waals surface area contributed by atoms with Gasteiger partial charge in [-0.25, -0.2) is 4.39 Å². The molecule has 3 aromatic rings. The second-order valence-electron chi connectivity index (χ2n) is 6.43. The molecule has 30 heavy (non-hydrogen) atoms. The molecule has 0 spiro atoms. The molecule has 6 nitrogen and oxygen atoms in total. The highest BCUT2D eigenvalue weighted by molar-refractivity contribution is 7.85. The maximum atomic E-state index is 14.5. The molecule has 0 bridgehead atoms. The van der Waals surface area contributed by atoms with E-state index in [0.717, 1.165) is 34.9 Å². The fourth-order valence-corrected chi connectivity index (χ4v) is 3.54. The van der Waals surface area contributed by atoms with E-state index in [-0.39, 0.29) is 27.9 Å². The lowest BCUT2D eigenvalue weighted by atomic mass is 10.1. The number of aromatic nitrogens is 1. The predicted octanol–water partition coefficient (Wildman–Crippen LogP) is 3.88. The first-order chi connectivity index (χ1) is 13.9. The van der Waals surface area contributed by atoms with Crippen molar-refractivity contribution in [3.8, 4) is 11.4 Å². The van der Waals surface area contributed by atoms with E-state index in [2.05, 4.69) is 0 Å². The Labute approximate surface area is 168 Å². The number of pyridine rings is 1. The summed E-state index contributed by atoms with van der Waals surface area (Å²) in [5, 5.41) is 0.244. The van der Waals surface area contributed by atoms with E-state index in [4.69, 9.17) is 4.74 Å². The van der Waals surface area contributed by atoms with E-state index in [1.807, 2.05) is 0 Å². The van der Waals surface area contributed by atoms with Crippen LogP contribution in [0, 0.1) is 5.82 Å². The van der Waals surface area contributed by atoms with Crippen LogP contribution in [0.25, 0.3) is 16.6 Å². The molecule has 0 atom stereocenters. The molecular weight excluding hydrogens is 430 g/mol. The molecule has 0 aliphatic carbocycles. The van der Waals surface area contributed by atoms with Crippen LogP contribution in [0.4, 0.5) is 17.6 Å². The molecule has 1 N–H and O–H groups in total. The SMILES string of the molecule is COc1cc(CCC(F)(F)F)c(F)cc1-n1c(=O)ccc2cc(S(=O)(=O)O)ccc21. The molecule has 0 saturated carbocycles. The summed E-state index contributed by atoms with van der Waals surface area (Å²) in [6, 6.07) is 7.84. The summed E-state index contributed by atoms with van der Waals surface area (Å²) in [5.41, 5.74) is -0.727. The van der Waals surface area contributed by atoms with Gasteiger partial charge in [0.25, 0.3) is 15.7 Å². The lowest BCUT2D eigenvalue weighted by molar-refractivity contribution is -0.134. The molecule has 0 aliphatic rings. The number of rotatable bonds is 5. The zero-order valence-corrected chi connectivity index (χ0v) is 16.2. The van der Waals surface area contributed by atoms with Gasteiger partial charge in [-0.1, -0.05) is 0 Å². The van der Waals surface area contributed by atoms with Gasteiger partial charge in [0.1, 0.15) is 11.6 Å². The van der Waals surface area contributed by atoms with E-state index >= 15 is 0 Å². The quantitative estimate of drug-likeness (QED) is 0.476. The van der Waals surface area contributed by atoms with Crippen LogP contribution in [-0.2, 0) is 16.5 Å². The van der Waals surface area contributed by atoms with E-state index in [1.54, 1.807) is 0 Å². The van der Waals surface area contributed by atoms with Crippen LogP contribution in [0.5, 0.6) is 5.75 Å². The van der Waals surface area contributed by atoms with Crippen LogP contribution in [0.2, 0.25) is 0 Å². The first-order valence-corrected chi connectivity index (χ1v) is 9.91. The maximum Gasteiger partial charge on any atom is 0.389 e. The van der Waals surface area contributed by atoms with E-state index < -0.39 is 45.4 Å². The fraction of sp³-hybridized carbons (Fsp3) is 0.211. The Bertz CT molecular complexity index is 1280. The van der Waals surface area contributed by atoms with Crippen LogP contribution in [0.1, 0.15) is 12.0 Å². The van der Waals surface area contributed by atoms with Crippen molar-refractivity contribution >= 4 is 21.0 Å². The van der Waals surface area contributed by atoms with Gasteiger partial charge >= 0.3 is 6.18 Å². The molecule has 0 amide bonds. The normalized spacial score (nSPS) is 12.3. The summed E-state index contributed by atoms with van der Waals surface area (Å²) < 4.78 is 90.1. The minimum absolute atomic E-state index is 0.0398. The molecule has 3 rings (SSSR count). The number of fused-ring (bicyclic) bond motifs is 1. The average Bonchev–Trinajstić information content (AvgIpc) is 2.65. The number of halogens is 4. The summed E-state index contributed by atoms with van der Waals surface area (Å²) >= 11 is 0. The molecule has 160 valence electrons. The second kappa shape index (κ2) is 7.73. The largest absolute Gasteiger partial charge is 0.495 e. The Morgan fingerprint density at radius 3 is 2.40 bits per heavy atom. The number of ether oxygens (including phenoxy) is 1. The number of nitrogens with zero attached hydrogens (tertiary/aromatic N) is 1. The number of hydrogen-bond donors (Lipinski definition) is 1. The third-order valence-electron chi connectivity index (χ3n) is 4.43. The fourth-order valence-electron chi connectivity index (χ4n) is 3.02. The Hall–Kier alpha value is -2.92. The summed E-state index contributed by atoms with van der Waals surface area (Å²) in [6.45, 7) is 0. The lowest BCUT2D eigenvalue weighted by Gasteiger charge is -2.16. The summed E-state index contributed by atoms with van der Waals surface area (Å²) in [7, 11) is -3.27. The van der Waals surface area contributed by atoms with Crippen molar-refractivity contribution in [3.63, 3.8) is 0 Å². The van der Waals surface area contributed by atoms with E-state index in [1.165, 1.54) is 19.2 Å². The molecule has 0 radical (unpaired) electrons. The molecule has 1 heterocycles. The highest BCUT2D eigenvalue weighted by atomic mass is 32.2. The Morgan fingerprint density at radius 2 is 1.80 bits per heavy atom. The van der Waals surface area contributed by atoms with Crippen LogP contribution in [0.3, 0.4) is 0 Å². The highest BCUT2D eigenvalue weighted by Gasteiger charge is 2.27. The van der Waals surface area contributed by atoms with Gasteiger partial charge in [-0.2, -0.15) is 21.6 Å². The molecule has 1 aromatic heterocycles. The minimum atomic E-state index is -4.49. The number of benzene rings is 2. The summed E-state index contributed by atoms with van der Waals surface area (Å²) in [5.74, 6) is -0.990. The third-order valence-corrected chi connectivity index (χ3v) is 5.28. The predicted molar refractivity (Wildman–Crippen MR) is 100 cm³/mol. The van der Waals surface area contributed by atoms with Crippen molar-refractivity contribution in [2.75, 3.05) is 7.11 Å². The molecule has 0 fully saturated rings. The number of methoxy groups -OCH3 is 1. The highest BCUT2D eigenvalue weighted by Crippen LogP contribution is 2.31. The van der Waals surface area contributed by atoms with Crippen molar-refractivity contribution in [2.24, 2.45) is 0 Å². The van der Waals surface area contributed by atoms with E-state index in [0.29, 0.717) is 0 Å². The number of alkyl halides is 3. The standard InChI is InChI=1S/C19H15F4NO5S/c1-29-17-9-11(6-7-19(21,22)23)14(20)10-16(17)24-15-4-3-13(30(26,27)28)8-12(15)2-5-18(24)25/h2-5,8-10H,6-7H2,1H3,(H,26,27,28). The molecular formula is C19H15F4NO5S. The van der Waals surface area contributed by atoms with Crippen LogP contribution in [0.15, 0.2) is 52.2 Å². The van der Waals surface area contributed by atoms with Crippen molar-refractivity contribution in [1.29, 1.82) is 0 Å². The molecule has 11 heteroatoms. The van der Waals surface area contributed by atoms with Crippen LogP contribution in [-0.4, -0.2) is 30.8 Å². The Balaban J connectivity index is 2.20. The van der Waals surface area contributed by atoms with Gasteiger partial charge in [-0.3, -0.25) is 13.9 Å². The van der Waals surface area contributed by atoms with Gasteiger partial charge in [0.05, 0.1) is 23.2 Å². The monoisotopic (exact) mass is 445 g/mol. The van der Waals surface area contributed by atoms with Gasteiger partial charge in [0.2, 0.25) is 0 Å². The van der Waals surface area contributed by atoms with Gasteiger partial charge in [0.15, 0.2) is 0 Å². The minimum Gasteiger partial charge on any atom is -0.495 e. The first-order valence-electron chi connectivity index (χ1n) is 8.47. The smallest absolute Gasteiger partial charge is 0.389 e. The van der Waals surface area contributed by atoms with Gasteiger partial charge < -0.3 is 4.74 Å². The Kier molecular flexibility index (Phi) is 5.61. The van der Waals surface area contributed by atoms with E-state index in [9.17, 15) is 35.3 Å². The molecule has 0 saturated heterocycles. The van der Waals surface area contributed by atoms with Gasteiger partial charge in [-0.05, 0) is 42.3 Å². The second-order valence-corrected chi connectivity index (χ2v) is 7.85. The van der Waals surface area contributed by atoms with Crippen LogP contribution < -0.4 is 10.3 Å². The first kappa shape index (κ1) is 21.8. The van der Waals surface area contributed by atoms with Crippen molar-refractivity contribution in [2.45, 2.75) is 23.9 Å². The van der Waals surface area contributed by atoms with Gasteiger partial charge in [-0.15, -0.1) is 0 Å². The number of aryl methyl sites for hydroxylation is 1. The zero-order valence-electron chi connectivity index (χ0n) is 15.4. The molecule has 0 unspecified atom stereocenters. The summed E-state index contributed by atoms with van der Waals surface area (Å²) in [6.07, 6.45) is -6.29. The van der Waals surface area contributed by atoms with Crippen LogP contribution >= 0.6 is 0 Å².